The van der Waals surface area contributed by atoms with Gasteiger partial charge in [0.25, 0.3) is 0 Å². The van der Waals surface area contributed by atoms with Crippen molar-refractivity contribution in [2.45, 2.75) is 32.4 Å². The SMILES string of the molecule is CN=C(NCC(C)Oc1ccccc1Br)N1CCC(C)C(n2ccnc2)C1.I. The van der Waals surface area contributed by atoms with Crippen LogP contribution in [0.15, 0.2) is 52.5 Å². The van der Waals surface area contributed by atoms with Crippen molar-refractivity contribution >= 4 is 45.9 Å². The number of benzene rings is 1. The summed E-state index contributed by atoms with van der Waals surface area (Å²) in [6, 6.07) is 8.32. The van der Waals surface area contributed by atoms with Crippen molar-refractivity contribution in [2.75, 3.05) is 26.7 Å². The van der Waals surface area contributed by atoms with E-state index in [1.807, 2.05) is 43.8 Å². The number of likely N-dealkylation sites (tertiary alicyclic amines) is 1. The average molecular weight is 562 g/mol. The Balaban J connectivity index is 0.00000280. The van der Waals surface area contributed by atoms with E-state index >= 15 is 0 Å². The Morgan fingerprint density at radius 1 is 1.43 bits per heavy atom. The second-order valence-electron chi connectivity index (χ2n) is 7.08. The van der Waals surface area contributed by atoms with Gasteiger partial charge in [-0.3, -0.25) is 4.99 Å². The van der Waals surface area contributed by atoms with Crippen LogP contribution in [0.25, 0.3) is 0 Å². The van der Waals surface area contributed by atoms with Crippen molar-refractivity contribution in [2.24, 2.45) is 10.9 Å². The monoisotopic (exact) mass is 561 g/mol. The maximum Gasteiger partial charge on any atom is 0.193 e. The van der Waals surface area contributed by atoms with E-state index in [0.717, 1.165) is 35.7 Å². The lowest BCUT2D eigenvalue weighted by molar-refractivity contribution is 0.184. The molecular formula is C20H29BrIN5O. The largest absolute Gasteiger partial charge is 0.488 e. The lowest BCUT2D eigenvalue weighted by Crippen LogP contribution is -2.50. The van der Waals surface area contributed by atoms with Gasteiger partial charge in [-0.15, -0.1) is 24.0 Å². The zero-order chi connectivity index (χ0) is 19.2. The van der Waals surface area contributed by atoms with E-state index in [-0.39, 0.29) is 30.1 Å². The van der Waals surface area contributed by atoms with Gasteiger partial charge in [-0.2, -0.15) is 0 Å². The maximum atomic E-state index is 6.03. The summed E-state index contributed by atoms with van der Waals surface area (Å²) in [6.07, 6.45) is 6.96. The van der Waals surface area contributed by atoms with E-state index in [9.17, 15) is 0 Å². The molecule has 6 nitrogen and oxygen atoms in total. The van der Waals surface area contributed by atoms with Crippen molar-refractivity contribution < 1.29 is 4.74 Å². The Kier molecular flexibility index (Phi) is 9.07. The van der Waals surface area contributed by atoms with Crippen LogP contribution >= 0.6 is 39.9 Å². The summed E-state index contributed by atoms with van der Waals surface area (Å²) in [6.45, 7) is 7.00. The first-order valence-electron chi connectivity index (χ1n) is 9.42. The van der Waals surface area contributed by atoms with Gasteiger partial charge in [0, 0.05) is 32.5 Å². The first-order chi connectivity index (χ1) is 13.1. The fourth-order valence-corrected chi connectivity index (χ4v) is 3.84. The summed E-state index contributed by atoms with van der Waals surface area (Å²) < 4.78 is 9.21. The number of rotatable bonds is 5. The number of piperidine rings is 1. The molecule has 1 aromatic heterocycles. The number of guanidine groups is 1. The van der Waals surface area contributed by atoms with Crippen molar-refractivity contribution in [1.29, 1.82) is 0 Å². The van der Waals surface area contributed by atoms with Gasteiger partial charge in [0.1, 0.15) is 11.9 Å². The number of hydrogen-bond acceptors (Lipinski definition) is 3. The Bertz CT molecular complexity index is 755. The number of nitrogens with one attached hydrogen (secondary N) is 1. The van der Waals surface area contributed by atoms with Crippen LogP contribution in [-0.4, -0.2) is 53.2 Å². The Morgan fingerprint density at radius 3 is 2.89 bits per heavy atom. The van der Waals surface area contributed by atoms with E-state index in [1.165, 1.54) is 0 Å². The highest BCUT2D eigenvalue weighted by Gasteiger charge is 2.29. The van der Waals surface area contributed by atoms with E-state index in [1.54, 1.807) is 0 Å². The second-order valence-corrected chi connectivity index (χ2v) is 7.93. The molecule has 0 spiro atoms. The van der Waals surface area contributed by atoms with Crippen LogP contribution in [0.1, 0.15) is 26.3 Å². The van der Waals surface area contributed by atoms with Crippen LogP contribution in [0.2, 0.25) is 0 Å². The summed E-state index contributed by atoms with van der Waals surface area (Å²) in [5.41, 5.74) is 0. The van der Waals surface area contributed by atoms with Crippen LogP contribution in [0.5, 0.6) is 5.75 Å². The number of ether oxygens (including phenoxy) is 1. The third kappa shape index (κ3) is 5.85. The van der Waals surface area contributed by atoms with Gasteiger partial charge in [-0.05, 0) is 47.3 Å². The first-order valence-corrected chi connectivity index (χ1v) is 10.2. The molecule has 3 atom stereocenters. The summed E-state index contributed by atoms with van der Waals surface area (Å²) in [5, 5.41) is 3.47. The molecular weight excluding hydrogens is 533 g/mol. The molecule has 1 saturated heterocycles. The predicted molar refractivity (Wildman–Crippen MR) is 128 cm³/mol. The zero-order valence-electron chi connectivity index (χ0n) is 16.6. The van der Waals surface area contributed by atoms with Gasteiger partial charge in [0.2, 0.25) is 0 Å². The Labute approximate surface area is 192 Å². The van der Waals surface area contributed by atoms with E-state index < -0.39 is 0 Å². The molecule has 0 radical (unpaired) electrons. The molecule has 1 aromatic carbocycles. The highest BCUT2D eigenvalue weighted by molar-refractivity contribution is 14.0. The van der Waals surface area contributed by atoms with Crippen LogP contribution in [0.4, 0.5) is 0 Å². The molecule has 0 amide bonds. The number of nitrogens with zero attached hydrogens (tertiary/aromatic N) is 4. The van der Waals surface area contributed by atoms with Gasteiger partial charge >= 0.3 is 0 Å². The molecule has 3 unspecified atom stereocenters. The number of para-hydroxylation sites is 1. The number of aromatic nitrogens is 2. The van der Waals surface area contributed by atoms with Crippen LogP contribution in [0, 0.1) is 5.92 Å². The molecule has 2 aromatic rings. The van der Waals surface area contributed by atoms with Crippen molar-refractivity contribution in [3.8, 4) is 5.75 Å². The standard InChI is InChI=1S/C20H28BrN5O.HI/c1-15-8-10-25(13-18(15)26-11-9-23-14-26)20(22-3)24-12-16(2)27-19-7-5-4-6-17(19)21;/h4-7,9,11,14-16,18H,8,10,12-13H2,1-3H3,(H,22,24);1H. The van der Waals surface area contributed by atoms with Gasteiger partial charge in [-0.25, -0.2) is 4.98 Å². The van der Waals surface area contributed by atoms with Crippen molar-refractivity contribution in [3.05, 3.63) is 47.5 Å². The highest BCUT2D eigenvalue weighted by atomic mass is 127. The molecule has 154 valence electrons. The van der Waals surface area contributed by atoms with Gasteiger partial charge in [-0.1, -0.05) is 19.1 Å². The lowest BCUT2D eigenvalue weighted by Gasteiger charge is -2.39. The highest BCUT2D eigenvalue weighted by Crippen LogP contribution is 2.27. The summed E-state index contributed by atoms with van der Waals surface area (Å²) in [5.74, 6) is 2.40. The molecule has 1 aliphatic heterocycles. The Hall–Kier alpha value is -1.29. The Morgan fingerprint density at radius 2 is 2.21 bits per heavy atom. The van der Waals surface area contributed by atoms with Crippen LogP contribution in [0.3, 0.4) is 0 Å². The summed E-state index contributed by atoms with van der Waals surface area (Å²) in [7, 11) is 1.84. The molecule has 1 N–H and O–H groups in total. The summed E-state index contributed by atoms with van der Waals surface area (Å²) >= 11 is 3.53. The third-order valence-corrected chi connectivity index (χ3v) is 5.71. The third-order valence-electron chi connectivity index (χ3n) is 5.05. The van der Waals surface area contributed by atoms with Gasteiger partial charge in [0.05, 0.1) is 23.4 Å². The number of aliphatic imine (C=N–C) groups is 1. The molecule has 1 aliphatic rings. The quantitative estimate of drug-likeness (QED) is 0.338. The molecule has 2 heterocycles. The number of imidazole rings is 1. The van der Waals surface area contributed by atoms with Gasteiger partial charge in [0.15, 0.2) is 5.96 Å². The smallest absolute Gasteiger partial charge is 0.193 e. The zero-order valence-corrected chi connectivity index (χ0v) is 20.5. The maximum absolute atomic E-state index is 6.03. The fourth-order valence-electron chi connectivity index (χ4n) is 3.46. The number of halogens is 2. The van der Waals surface area contributed by atoms with Crippen molar-refractivity contribution in [3.63, 3.8) is 0 Å². The van der Waals surface area contributed by atoms with E-state index in [2.05, 4.69) is 60.7 Å². The van der Waals surface area contributed by atoms with E-state index in [0.29, 0.717) is 18.5 Å². The molecule has 3 rings (SSSR count). The molecule has 28 heavy (non-hydrogen) atoms. The predicted octanol–water partition coefficient (Wildman–Crippen LogP) is 4.19. The fraction of sp³-hybridized carbons (Fsp3) is 0.500. The number of hydrogen-bond donors (Lipinski definition) is 1. The molecule has 0 aliphatic carbocycles. The topological polar surface area (TPSA) is 54.7 Å². The van der Waals surface area contributed by atoms with Gasteiger partial charge < -0.3 is 19.5 Å². The first kappa shape index (κ1) is 23.0. The minimum Gasteiger partial charge on any atom is -0.488 e. The minimum absolute atomic E-state index is 0. The lowest BCUT2D eigenvalue weighted by atomic mass is 9.93. The molecule has 1 fully saturated rings. The molecule has 0 bridgehead atoms. The molecule has 8 heteroatoms. The van der Waals surface area contributed by atoms with E-state index in [4.69, 9.17) is 4.74 Å². The van der Waals surface area contributed by atoms with Crippen LogP contribution < -0.4 is 10.1 Å². The average Bonchev–Trinajstić information content (AvgIpc) is 3.20. The molecule has 0 saturated carbocycles. The minimum atomic E-state index is 0. The van der Waals surface area contributed by atoms with Crippen LogP contribution in [-0.2, 0) is 0 Å². The normalized spacial score (nSPS) is 21.0. The summed E-state index contributed by atoms with van der Waals surface area (Å²) in [4.78, 5) is 11.0. The van der Waals surface area contributed by atoms with Crippen molar-refractivity contribution in [1.82, 2.24) is 19.8 Å². The second kappa shape index (κ2) is 11.0.